The Balaban J connectivity index is 3.00. The molecule has 110 valence electrons. The molecule has 0 unspecified atom stereocenters. The van der Waals surface area contributed by atoms with Crippen LogP contribution in [0.1, 0.15) is 15.9 Å². The Kier molecular flexibility index (Phi) is 6.00. The second-order valence-electron chi connectivity index (χ2n) is 4.09. The number of aryl methyl sites for hydroxylation is 1. The number of rotatable bonds is 6. The smallest absolute Gasteiger partial charge is 0.272 e. The minimum atomic E-state index is -2.63. The molecule has 0 fully saturated rings. The summed E-state index contributed by atoms with van der Waals surface area (Å²) in [6.07, 6.45) is -2.63. The van der Waals surface area contributed by atoms with Crippen molar-refractivity contribution in [1.82, 2.24) is 4.90 Å². The Hall–Kier alpha value is -1.57. The van der Waals surface area contributed by atoms with Crippen LogP contribution in [0.3, 0.4) is 0 Å². The van der Waals surface area contributed by atoms with E-state index in [1.807, 2.05) is 0 Å². The highest BCUT2D eigenvalue weighted by Gasteiger charge is 2.21. The summed E-state index contributed by atoms with van der Waals surface area (Å²) >= 11 is 3.10. The number of hydrogen-bond donors (Lipinski definition) is 0. The first-order valence-electron chi connectivity index (χ1n) is 5.75. The summed E-state index contributed by atoms with van der Waals surface area (Å²) in [5, 5.41) is 11.1. The number of nitro groups is 1. The van der Waals surface area contributed by atoms with Gasteiger partial charge in [0.25, 0.3) is 18.0 Å². The number of halogens is 3. The highest BCUT2D eigenvalue weighted by molar-refractivity contribution is 9.09. The van der Waals surface area contributed by atoms with Gasteiger partial charge in [0, 0.05) is 29.1 Å². The van der Waals surface area contributed by atoms with E-state index >= 15 is 0 Å². The van der Waals surface area contributed by atoms with Gasteiger partial charge >= 0.3 is 0 Å². The molecular weight excluding hydrogens is 338 g/mol. The predicted octanol–water partition coefficient (Wildman–Crippen LogP) is 3.01. The first kappa shape index (κ1) is 16.5. The third kappa shape index (κ3) is 4.22. The van der Waals surface area contributed by atoms with Crippen LogP contribution in [-0.2, 0) is 0 Å². The van der Waals surface area contributed by atoms with Gasteiger partial charge in [0.1, 0.15) is 0 Å². The van der Waals surface area contributed by atoms with Gasteiger partial charge in [-0.2, -0.15) is 0 Å². The summed E-state index contributed by atoms with van der Waals surface area (Å²) in [5.74, 6) is -0.567. The van der Waals surface area contributed by atoms with Crippen LogP contribution in [-0.4, -0.2) is 40.6 Å². The van der Waals surface area contributed by atoms with Gasteiger partial charge in [-0.05, 0) is 19.1 Å². The van der Waals surface area contributed by atoms with E-state index in [2.05, 4.69) is 15.9 Å². The van der Waals surface area contributed by atoms with Gasteiger partial charge in [-0.1, -0.05) is 15.9 Å². The molecule has 0 spiro atoms. The van der Waals surface area contributed by atoms with Gasteiger partial charge in [-0.3, -0.25) is 14.9 Å². The summed E-state index contributed by atoms with van der Waals surface area (Å²) in [5.41, 5.74) is 0.369. The number of carbonyl (C=O) groups excluding carboxylic acids is 1. The van der Waals surface area contributed by atoms with E-state index in [4.69, 9.17) is 0 Å². The Morgan fingerprint density at radius 2 is 2.15 bits per heavy atom. The van der Waals surface area contributed by atoms with Gasteiger partial charge in [-0.15, -0.1) is 0 Å². The van der Waals surface area contributed by atoms with Crippen LogP contribution in [0.5, 0.6) is 0 Å². The third-order valence-corrected chi connectivity index (χ3v) is 3.00. The zero-order valence-electron chi connectivity index (χ0n) is 10.7. The molecule has 20 heavy (non-hydrogen) atoms. The molecule has 1 rings (SSSR count). The number of carbonyl (C=O) groups is 1. The van der Waals surface area contributed by atoms with E-state index in [-0.39, 0.29) is 17.8 Å². The van der Waals surface area contributed by atoms with E-state index < -0.39 is 23.8 Å². The Bertz CT molecular complexity index is 511. The lowest BCUT2D eigenvalue weighted by Gasteiger charge is -2.21. The lowest BCUT2D eigenvalue weighted by Crippen LogP contribution is -2.36. The van der Waals surface area contributed by atoms with Crippen LogP contribution in [0.25, 0.3) is 0 Å². The summed E-state index contributed by atoms with van der Waals surface area (Å²) in [6, 6.07) is 3.82. The minimum Gasteiger partial charge on any atom is -0.332 e. The number of nitro benzene ring substituents is 1. The second-order valence-corrected chi connectivity index (χ2v) is 4.88. The van der Waals surface area contributed by atoms with Crippen LogP contribution in [0.15, 0.2) is 18.2 Å². The average Bonchev–Trinajstić information content (AvgIpc) is 2.36. The summed E-state index contributed by atoms with van der Waals surface area (Å²) < 4.78 is 24.9. The Morgan fingerprint density at radius 3 is 2.60 bits per heavy atom. The number of hydrogen-bond acceptors (Lipinski definition) is 3. The number of alkyl halides is 3. The van der Waals surface area contributed by atoms with E-state index in [1.54, 1.807) is 0 Å². The number of amides is 1. The predicted molar refractivity (Wildman–Crippen MR) is 73.5 cm³/mol. The van der Waals surface area contributed by atoms with Gasteiger partial charge < -0.3 is 4.90 Å². The molecule has 0 radical (unpaired) electrons. The van der Waals surface area contributed by atoms with Crippen molar-refractivity contribution >= 4 is 27.5 Å². The van der Waals surface area contributed by atoms with E-state index in [0.717, 1.165) is 4.90 Å². The van der Waals surface area contributed by atoms with Gasteiger partial charge in [0.2, 0.25) is 0 Å². The van der Waals surface area contributed by atoms with Crippen LogP contribution in [0.2, 0.25) is 0 Å². The lowest BCUT2D eigenvalue weighted by molar-refractivity contribution is -0.385. The Labute approximate surface area is 122 Å². The second kappa shape index (κ2) is 7.28. The monoisotopic (exact) mass is 350 g/mol. The molecule has 0 heterocycles. The summed E-state index contributed by atoms with van der Waals surface area (Å²) in [4.78, 5) is 23.3. The van der Waals surface area contributed by atoms with Crippen LogP contribution < -0.4 is 0 Å². The zero-order chi connectivity index (χ0) is 15.3. The minimum absolute atomic E-state index is 0.109. The molecule has 0 N–H and O–H groups in total. The zero-order valence-corrected chi connectivity index (χ0v) is 12.3. The molecule has 1 aromatic rings. The van der Waals surface area contributed by atoms with Crippen molar-refractivity contribution in [2.45, 2.75) is 13.3 Å². The average molecular weight is 351 g/mol. The fraction of sp³-hybridized carbons (Fsp3) is 0.417. The van der Waals surface area contributed by atoms with Crippen molar-refractivity contribution in [2.75, 3.05) is 18.4 Å². The fourth-order valence-corrected chi connectivity index (χ4v) is 2.15. The SMILES string of the molecule is Cc1cc(C(=O)N(CCBr)CC(F)F)ccc1[N+](=O)[O-]. The van der Waals surface area contributed by atoms with Gasteiger partial charge in [-0.25, -0.2) is 8.78 Å². The van der Waals surface area contributed by atoms with Crippen molar-refractivity contribution < 1.29 is 18.5 Å². The molecule has 8 heteroatoms. The molecule has 5 nitrogen and oxygen atoms in total. The molecule has 1 aromatic carbocycles. The quantitative estimate of drug-likeness (QED) is 0.450. The van der Waals surface area contributed by atoms with Crippen molar-refractivity contribution in [3.63, 3.8) is 0 Å². The third-order valence-electron chi connectivity index (χ3n) is 2.64. The maximum atomic E-state index is 12.4. The molecule has 0 atom stereocenters. The van der Waals surface area contributed by atoms with Crippen molar-refractivity contribution in [1.29, 1.82) is 0 Å². The number of nitrogens with zero attached hydrogens (tertiary/aromatic N) is 2. The van der Waals surface area contributed by atoms with Crippen LogP contribution in [0.4, 0.5) is 14.5 Å². The molecule has 0 aromatic heterocycles. The molecule has 0 bridgehead atoms. The van der Waals surface area contributed by atoms with Crippen molar-refractivity contribution in [3.8, 4) is 0 Å². The standard InChI is InChI=1S/C12H13BrF2N2O3/c1-8-6-9(2-3-10(8)17(19)20)12(18)16(5-4-13)7-11(14)15/h2-3,6,11H,4-5,7H2,1H3. The molecule has 0 aliphatic heterocycles. The molecular formula is C12H13BrF2N2O3. The first-order valence-corrected chi connectivity index (χ1v) is 6.87. The van der Waals surface area contributed by atoms with Gasteiger partial charge in [0.05, 0.1) is 11.5 Å². The van der Waals surface area contributed by atoms with Crippen LogP contribution in [0, 0.1) is 17.0 Å². The van der Waals surface area contributed by atoms with Crippen molar-refractivity contribution in [2.24, 2.45) is 0 Å². The normalized spacial score (nSPS) is 10.7. The lowest BCUT2D eigenvalue weighted by atomic mass is 10.1. The highest BCUT2D eigenvalue weighted by atomic mass is 79.9. The maximum absolute atomic E-state index is 12.4. The molecule has 0 aliphatic carbocycles. The largest absolute Gasteiger partial charge is 0.332 e. The van der Waals surface area contributed by atoms with Gasteiger partial charge in [0.15, 0.2) is 0 Å². The van der Waals surface area contributed by atoms with E-state index in [9.17, 15) is 23.7 Å². The molecule has 0 saturated carbocycles. The first-order chi connectivity index (χ1) is 9.36. The maximum Gasteiger partial charge on any atom is 0.272 e. The summed E-state index contributed by atoms with van der Waals surface area (Å²) in [7, 11) is 0. The molecule has 0 aliphatic rings. The van der Waals surface area contributed by atoms with Crippen molar-refractivity contribution in [3.05, 3.63) is 39.4 Å². The molecule has 0 saturated heterocycles. The van der Waals surface area contributed by atoms with E-state index in [1.165, 1.54) is 25.1 Å². The highest BCUT2D eigenvalue weighted by Crippen LogP contribution is 2.20. The van der Waals surface area contributed by atoms with Crippen LogP contribution >= 0.6 is 15.9 Å². The molecule has 1 amide bonds. The topological polar surface area (TPSA) is 63.5 Å². The fourth-order valence-electron chi connectivity index (χ4n) is 1.72. The Morgan fingerprint density at radius 1 is 1.50 bits per heavy atom. The van der Waals surface area contributed by atoms with E-state index in [0.29, 0.717) is 10.9 Å². The summed E-state index contributed by atoms with van der Waals surface area (Å²) in [6.45, 7) is 0.969. The number of benzene rings is 1.